The van der Waals surface area contributed by atoms with Crippen molar-refractivity contribution in [3.8, 4) is 0 Å². The number of nitrogens with zero attached hydrogens (tertiary/aromatic N) is 3. The van der Waals surface area contributed by atoms with Crippen LogP contribution in [0.5, 0.6) is 0 Å². The molecule has 1 amide bonds. The molecule has 1 aliphatic rings. The first-order valence-corrected chi connectivity index (χ1v) is 10.9. The van der Waals surface area contributed by atoms with Crippen LogP contribution in [0.3, 0.4) is 0 Å². The minimum Gasteiger partial charge on any atom is -0.355 e. The molecule has 0 radical (unpaired) electrons. The number of rotatable bonds is 6. The standard InChI is InChI=1S/C22H28N4OS/c1-17(2)24-11-13-25(14-12-24)21-8-7-19-6-5-18(16-26(19)21)22(27)23-10-9-20-4-3-15-28-20/h3-8,15-17H,9-14H2,1-2H3,(H,23,27). The van der Waals surface area contributed by atoms with Crippen molar-refractivity contribution in [2.75, 3.05) is 37.6 Å². The first-order chi connectivity index (χ1) is 13.6. The van der Waals surface area contributed by atoms with Crippen LogP contribution in [0.2, 0.25) is 0 Å². The normalized spacial score (nSPS) is 15.5. The van der Waals surface area contributed by atoms with E-state index < -0.39 is 0 Å². The van der Waals surface area contributed by atoms with Gasteiger partial charge < -0.3 is 14.6 Å². The summed E-state index contributed by atoms with van der Waals surface area (Å²) in [6.45, 7) is 9.36. The van der Waals surface area contributed by atoms with Gasteiger partial charge in [0.1, 0.15) is 5.82 Å². The molecule has 0 bridgehead atoms. The zero-order chi connectivity index (χ0) is 19.5. The topological polar surface area (TPSA) is 40.0 Å². The van der Waals surface area contributed by atoms with E-state index in [0.717, 1.165) is 38.1 Å². The lowest BCUT2D eigenvalue weighted by molar-refractivity contribution is 0.0954. The second-order valence-electron chi connectivity index (χ2n) is 7.61. The van der Waals surface area contributed by atoms with Crippen LogP contribution in [0.25, 0.3) is 5.52 Å². The van der Waals surface area contributed by atoms with E-state index in [1.165, 1.54) is 10.7 Å². The summed E-state index contributed by atoms with van der Waals surface area (Å²) in [5.74, 6) is 1.16. The fraction of sp³-hybridized carbons (Fsp3) is 0.409. The lowest BCUT2D eigenvalue weighted by Crippen LogP contribution is -2.49. The van der Waals surface area contributed by atoms with Crippen molar-refractivity contribution in [3.05, 3.63) is 58.4 Å². The largest absolute Gasteiger partial charge is 0.355 e. The number of hydrogen-bond acceptors (Lipinski definition) is 4. The number of anilines is 1. The average molecular weight is 397 g/mol. The molecule has 0 saturated carbocycles. The van der Waals surface area contributed by atoms with Gasteiger partial charge in [0.15, 0.2) is 0 Å². The SMILES string of the molecule is CC(C)N1CCN(c2ccc3ccc(C(=O)NCCc4cccs4)cn23)CC1. The van der Waals surface area contributed by atoms with Crippen molar-refractivity contribution >= 4 is 28.6 Å². The summed E-state index contributed by atoms with van der Waals surface area (Å²) < 4.78 is 2.15. The Kier molecular flexibility index (Phi) is 5.69. The van der Waals surface area contributed by atoms with E-state index in [1.807, 2.05) is 24.4 Å². The summed E-state index contributed by atoms with van der Waals surface area (Å²) >= 11 is 1.73. The number of nitrogens with one attached hydrogen (secondary N) is 1. The molecule has 0 spiro atoms. The van der Waals surface area contributed by atoms with Crippen molar-refractivity contribution in [2.45, 2.75) is 26.3 Å². The number of aromatic nitrogens is 1. The molecule has 6 heteroatoms. The Bertz CT molecular complexity index is 923. The van der Waals surface area contributed by atoms with Gasteiger partial charge in [0.05, 0.1) is 5.56 Å². The van der Waals surface area contributed by atoms with Gasteiger partial charge in [0.2, 0.25) is 0 Å². The molecule has 1 aliphatic heterocycles. The number of hydrogen-bond donors (Lipinski definition) is 1. The number of piperazine rings is 1. The lowest BCUT2D eigenvalue weighted by atomic mass is 10.2. The van der Waals surface area contributed by atoms with Gasteiger partial charge in [-0.3, -0.25) is 9.69 Å². The monoisotopic (exact) mass is 396 g/mol. The molecule has 0 atom stereocenters. The minimum atomic E-state index is -0.0114. The highest BCUT2D eigenvalue weighted by molar-refractivity contribution is 7.09. The van der Waals surface area contributed by atoms with Gasteiger partial charge in [-0.25, -0.2) is 0 Å². The van der Waals surface area contributed by atoms with E-state index in [4.69, 9.17) is 0 Å². The minimum absolute atomic E-state index is 0.0114. The Hall–Kier alpha value is -2.31. The van der Waals surface area contributed by atoms with Crippen LogP contribution in [0.4, 0.5) is 5.82 Å². The molecular formula is C22H28N4OS. The summed E-state index contributed by atoms with van der Waals surface area (Å²) in [6.07, 6.45) is 2.85. The van der Waals surface area contributed by atoms with E-state index in [1.54, 1.807) is 11.3 Å². The predicted molar refractivity (Wildman–Crippen MR) is 117 cm³/mol. The van der Waals surface area contributed by atoms with E-state index in [9.17, 15) is 4.79 Å². The Morgan fingerprint density at radius 1 is 1.11 bits per heavy atom. The molecule has 4 heterocycles. The summed E-state index contributed by atoms with van der Waals surface area (Å²) in [7, 11) is 0. The molecule has 28 heavy (non-hydrogen) atoms. The number of thiophene rings is 1. The van der Waals surface area contributed by atoms with Crippen molar-refractivity contribution in [1.29, 1.82) is 0 Å². The Balaban J connectivity index is 1.44. The molecule has 1 saturated heterocycles. The molecule has 0 aromatic carbocycles. The van der Waals surface area contributed by atoms with Crippen LogP contribution in [-0.4, -0.2) is 54.0 Å². The number of carbonyl (C=O) groups excluding carboxylic acids is 1. The Morgan fingerprint density at radius 3 is 2.61 bits per heavy atom. The van der Waals surface area contributed by atoms with Gasteiger partial charge >= 0.3 is 0 Å². The third-order valence-electron chi connectivity index (χ3n) is 5.50. The summed E-state index contributed by atoms with van der Waals surface area (Å²) in [5.41, 5.74) is 1.83. The lowest BCUT2D eigenvalue weighted by Gasteiger charge is -2.37. The highest BCUT2D eigenvalue weighted by Gasteiger charge is 2.21. The summed E-state index contributed by atoms with van der Waals surface area (Å²) in [6, 6.07) is 13.0. The number of amides is 1. The zero-order valence-corrected chi connectivity index (χ0v) is 17.4. The molecule has 3 aromatic heterocycles. The highest BCUT2D eigenvalue weighted by Crippen LogP contribution is 2.22. The van der Waals surface area contributed by atoms with Gasteiger partial charge in [-0.2, -0.15) is 0 Å². The first-order valence-electron chi connectivity index (χ1n) is 10.0. The van der Waals surface area contributed by atoms with Crippen molar-refractivity contribution in [1.82, 2.24) is 14.6 Å². The van der Waals surface area contributed by atoms with E-state index in [-0.39, 0.29) is 5.91 Å². The second kappa shape index (κ2) is 8.37. The third-order valence-corrected chi connectivity index (χ3v) is 6.43. The van der Waals surface area contributed by atoms with Crippen LogP contribution in [0.1, 0.15) is 29.1 Å². The van der Waals surface area contributed by atoms with Crippen LogP contribution in [-0.2, 0) is 6.42 Å². The molecule has 3 aromatic rings. The van der Waals surface area contributed by atoms with Gasteiger partial charge in [-0.1, -0.05) is 6.07 Å². The summed E-state index contributed by atoms with van der Waals surface area (Å²) in [5, 5.41) is 5.11. The smallest absolute Gasteiger partial charge is 0.252 e. The van der Waals surface area contributed by atoms with E-state index >= 15 is 0 Å². The van der Waals surface area contributed by atoms with Crippen LogP contribution < -0.4 is 10.2 Å². The molecular weight excluding hydrogens is 368 g/mol. The van der Waals surface area contributed by atoms with Crippen molar-refractivity contribution in [3.63, 3.8) is 0 Å². The zero-order valence-electron chi connectivity index (χ0n) is 16.6. The van der Waals surface area contributed by atoms with Gasteiger partial charge in [0, 0.05) is 55.4 Å². The fourth-order valence-electron chi connectivity index (χ4n) is 3.80. The number of fused-ring (bicyclic) bond motifs is 1. The van der Waals surface area contributed by atoms with E-state index in [0.29, 0.717) is 18.2 Å². The van der Waals surface area contributed by atoms with Crippen LogP contribution in [0, 0.1) is 0 Å². The molecule has 1 N–H and O–H groups in total. The molecule has 5 nitrogen and oxygen atoms in total. The van der Waals surface area contributed by atoms with Crippen molar-refractivity contribution < 1.29 is 4.79 Å². The van der Waals surface area contributed by atoms with Gasteiger partial charge in [-0.05, 0) is 56.0 Å². The quantitative estimate of drug-likeness (QED) is 0.693. The van der Waals surface area contributed by atoms with Crippen LogP contribution >= 0.6 is 11.3 Å². The van der Waals surface area contributed by atoms with Crippen molar-refractivity contribution in [2.24, 2.45) is 0 Å². The third kappa shape index (κ3) is 4.08. The second-order valence-corrected chi connectivity index (χ2v) is 8.64. The molecule has 0 aliphatic carbocycles. The molecule has 0 unspecified atom stereocenters. The van der Waals surface area contributed by atoms with Crippen LogP contribution in [0.15, 0.2) is 48.0 Å². The maximum Gasteiger partial charge on any atom is 0.252 e. The van der Waals surface area contributed by atoms with Gasteiger partial charge in [-0.15, -0.1) is 11.3 Å². The molecule has 4 rings (SSSR count). The number of pyridine rings is 1. The molecule has 1 fully saturated rings. The summed E-state index contributed by atoms with van der Waals surface area (Å²) in [4.78, 5) is 18.8. The fourth-order valence-corrected chi connectivity index (χ4v) is 4.51. The molecule has 148 valence electrons. The maximum absolute atomic E-state index is 12.6. The Morgan fingerprint density at radius 2 is 1.89 bits per heavy atom. The average Bonchev–Trinajstić information content (AvgIpc) is 3.37. The van der Waals surface area contributed by atoms with E-state index in [2.05, 4.69) is 56.9 Å². The predicted octanol–water partition coefficient (Wildman–Crippen LogP) is 3.50. The van der Waals surface area contributed by atoms with Gasteiger partial charge in [0.25, 0.3) is 5.91 Å². The first kappa shape index (κ1) is 19.0. The maximum atomic E-state index is 12.6. The highest BCUT2D eigenvalue weighted by atomic mass is 32.1. The Labute approximate surface area is 170 Å². The number of carbonyl (C=O) groups is 1.